The molecule has 262 valence electrons. The molecule has 50 heavy (non-hydrogen) atoms. The van der Waals surface area contributed by atoms with E-state index in [4.69, 9.17) is 0 Å². The quantitative estimate of drug-likeness (QED) is 0.183. The van der Waals surface area contributed by atoms with Gasteiger partial charge in [0.15, 0.2) is 0 Å². The fourth-order valence-electron chi connectivity index (χ4n) is 10.4. The molecule has 4 saturated carbocycles. The molecule has 4 fully saturated rings. The van der Waals surface area contributed by atoms with E-state index >= 15 is 0 Å². The smallest absolute Gasteiger partial charge is 0.0129 e. The molecule has 1 heteroatoms. The average molecular weight is 742 g/mol. The first-order chi connectivity index (χ1) is 23.5. The first-order valence-electron chi connectivity index (χ1n) is 19.6. The molecular formula is C49H62Zr. The zero-order chi connectivity index (χ0) is 36.2. The third kappa shape index (κ3) is 7.52. The van der Waals surface area contributed by atoms with E-state index in [1.54, 1.807) is 15.2 Å². The number of fused-ring (bicyclic) bond motifs is 3. The minimum atomic E-state index is 0.163. The second-order valence-corrected chi connectivity index (χ2v) is 20.2. The molecule has 3 aromatic rings. The SMILES string of the molecule is CC1[C-]=CC(C2(C)C3CC4CC(C3)CC2C4)=C1.CC[C](=[Zr+2])c1ccccc1.Cc1[c-]c2c(cc1C(C)(C)C)-c1cc(C(C)(C)C)c(C)cc1C2. The Morgan fingerprint density at radius 2 is 1.40 bits per heavy atom. The van der Waals surface area contributed by atoms with Crippen molar-refractivity contribution in [2.75, 3.05) is 0 Å². The largest absolute Gasteiger partial charge is 0.176 e. The standard InChI is InChI=1S/C23H29.C17H23.C9H10.Zr/c1-14-9-16-11-17-10-15(2)21(23(6,7)8)13-19(17)18(16)12-20(14)22(3,4)5;1-11-3-4-14(5-11)17(2)15-7-12-6-13(9-15)10-16(17)8-12;1-2-6-9-7-4-3-5-8-9;/h9,12-13H,11H2,1-8H3;4-5,11-13,15-16H,6-10H2,1-2H3;3-5,7-8H,2H2,1H3;/q2*-1;;+2. The van der Waals surface area contributed by atoms with Gasteiger partial charge in [0.2, 0.25) is 0 Å². The molecule has 0 heterocycles. The Morgan fingerprint density at radius 1 is 0.820 bits per heavy atom. The van der Waals surface area contributed by atoms with Crippen LogP contribution in [0.5, 0.6) is 0 Å². The van der Waals surface area contributed by atoms with Gasteiger partial charge in [0, 0.05) is 0 Å². The van der Waals surface area contributed by atoms with Gasteiger partial charge in [-0.15, -0.1) is 16.7 Å². The van der Waals surface area contributed by atoms with Crippen molar-refractivity contribution in [1.29, 1.82) is 0 Å². The Bertz CT molecular complexity index is 1690. The van der Waals surface area contributed by atoms with Crippen molar-refractivity contribution in [2.45, 2.75) is 132 Å². The van der Waals surface area contributed by atoms with E-state index in [0.717, 1.165) is 30.1 Å². The molecule has 0 aromatic heterocycles. The van der Waals surface area contributed by atoms with Crippen LogP contribution in [0.1, 0.15) is 140 Å². The van der Waals surface area contributed by atoms with Gasteiger partial charge in [0.25, 0.3) is 0 Å². The summed E-state index contributed by atoms with van der Waals surface area (Å²) in [4.78, 5) is 0. The Hall–Kier alpha value is -2.11. The molecular weight excluding hydrogens is 680 g/mol. The zero-order valence-corrected chi connectivity index (χ0v) is 35.6. The van der Waals surface area contributed by atoms with Gasteiger partial charge in [-0.25, -0.2) is 6.08 Å². The third-order valence-corrected chi connectivity index (χ3v) is 14.5. The second kappa shape index (κ2) is 14.4. The summed E-state index contributed by atoms with van der Waals surface area (Å²) in [5.41, 5.74) is 15.2. The van der Waals surface area contributed by atoms with Gasteiger partial charge in [0.1, 0.15) is 0 Å². The van der Waals surface area contributed by atoms with Crippen LogP contribution in [0.15, 0.2) is 66.3 Å². The summed E-state index contributed by atoms with van der Waals surface area (Å²) in [7, 11) is 0. The van der Waals surface area contributed by atoms with Crippen LogP contribution in [-0.4, -0.2) is 3.21 Å². The van der Waals surface area contributed by atoms with Crippen LogP contribution >= 0.6 is 0 Å². The molecule has 0 nitrogen and oxygen atoms in total. The van der Waals surface area contributed by atoms with E-state index in [1.807, 2.05) is 0 Å². The molecule has 0 N–H and O–H groups in total. The third-order valence-electron chi connectivity index (χ3n) is 12.9. The summed E-state index contributed by atoms with van der Waals surface area (Å²) in [5.74, 6) is 4.68. The van der Waals surface area contributed by atoms with Crippen molar-refractivity contribution in [2.24, 2.45) is 35.0 Å². The number of hydrogen-bond donors (Lipinski definition) is 0. The van der Waals surface area contributed by atoms with Crippen LogP contribution in [0.25, 0.3) is 11.1 Å². The molecule has 1 atom stereocenters. The molecule has 9 rings (SSSR count). The molecule has 4 bridgehead atoms. The van der Waals surface area contributed by atoms with Gasteiger partial charge in [-0.3, -0.25) is 6.08 Å². The van der Waals surface area contributed by atoms with E-state index in [-0.39, 0.29) is 10.8 Å². The van der Waals surface area contributed by atoms with Gasteiger partial charge in [-0.1, -0.05) is 96.8 Å². The fraction of sp³-hybridized carbons (Fsp3) is 0.531. The topological polar surface area (TPSA) is 0 Å². The van der Waals surface area contributed by atoms with E-state index < -0.39 is 0 Å². The van der Waals surface area contributed by atoms with Gasteiger partial charge in [-0.05, 0) is 91.2 Å². The maximum atomic E-state index is 3.69. The van der Waals surface area contributed by atoms with Crippen molar-refractivity contribution in [3.63, 3.8) is 0 Å². The van der Waals surface area contributed by atoms with E-state index in [1.165, 1.54) is 106 Å². The summed E-state index contributed by atoms with van der Waals surface area (Å²) < 4.78 is 1.55. The molecule has 0 saturated heterocycles. The second-order valence-electron chi connectivity index (χ2n) is 18.7. The zero-order valence-electron chi connectivity index (χ0n) is 33.1. The van der Waals surface area contributed by atoms with Crippen molar-refractivity contribution in [3.8, 4) is 11.1 Å². The fourth-order valence-corrected chi connectivity index (χ4v) is 10.8. The summed E-state index contributed by atoms with van der Waals surface area (Å²) in [6, 6.07) is 21.5. The normalized spacial score (nSPS) is 27.1. The molecule has 0 spiro atoms. The van der Waals surface area contributed by atoms with Crippen molar-refractivity contribution >= 4 is 3.21 Å². The van der Waals surface area contributed by atoms with Crippen LogP contribution in [0.4, 0.5) is 0 Å². The number of rotatable bonds is 3. The minimum absolute atomic E-state index is 0.163. The van der Waals surface area contributed by atoms with Gasteiger partial charge < -0.3 is 0 Å². The van der Waals surface area contributed by atoms with Crippen LogP contribution in [0, 0.1) is 61.0 Å². The van der Waals surface area contributed by atoms with Crippen molar-refractivity contribution in [1.82, 2.24) is 0 Å². The molecule has 1 unspecified atom stereocenters. The number of hydrogen-bond acceptors (Lipinski definition) is 0. The average Bonchev–Trinajstić information content (AvgIpc) is 3.64. The maximum absolute atomic E-state index is 3.69. The van der Waals surface area contributed by atoms with Gasteiger partial charge in [-0.2, -0.15) is 29.3 Å². The first kappa shape index (κ1) is 37.6. The summed E-state index contributed by atoms with van der Waals surface area (Å²) >= 11 is 1.54. The van der Waals surface area contributed by atoms with Crippen LogP contribution in [0.2, 0.25) is 0 Å². The van der Waals surface area contributed by atoms with Crippen LogP contribution in [0.3, 0.4) is 0 Å². The molecule has 6 aliphatic rings. The molecule has 6 aliphatic carbocycles. The first-order valence-corrected chi connectivity index (χ1v) is 20.9. The minimum Gasteiger partial charge on any atom is -0.176 e. The van der Waals surface area contributed by atoms with Gasteiger partial charge in [0.05, 0.1) is 0 Å². The van der Waals surface area contributed by atoms with E-state index in [0.29, 0.717) is 11.3 Å². The monoisotopic (exact) mass is 740 g/mol. The van der Waals surface area contributed by atoms with Crippen LogP contribution in [-0.2, 0) is 41.5 Å². The predicted octanol–water partition coefficient (Wildman–Crippen LogP) is 12.8. The summed E-state index contributed by atoms with van der Waals surface area (Å²) in [6.07, 6.45) is 18.1. The Morgan fingerprint density at radius 3 is 1.92 bits per heavy atom. The molecule has 3 aromatic carbocycles. The molecule has 0 radical (unpaired) electrons. The van der Waals surface area contributed by atoms with E-state index in [2.05, 4.69) is 149 Å². The molecule has 0 amide bonds. The van der Waals surface area contributed by atoms with Crippen molar-refractivity contribution < 1.29 is 24.2 Å². The Kier molecular flexibility index (Phi) is 10.8. The number of allylic oxidation sites excluding steroid dienone is 4. The predicted molar refractivity (Wildman–Crippen MR) is 211 cm³/mol. The van der Waals surface area contributed by atoms with Crippen LogP contribution < -0.4 is 0 Å². The van der Waals surface area contributed by atoms with Gasteiger partial charge >= 0.3 is 76.7 Å². The summed E-state index contributed by atoms with van der Waals surface area (Å²) in [5, 5.41) is 0. The number of aryl methyl sites for hydroxylation is 2. The molecule has 0 aliphatic heterocycles. The maximum Gasteiger partial charge on any atom is -0.0129 e. The summed E-state index contributed by atoms with van der Waals surface area (Å²) in [6.45, 7) is 25.3. The van der Waals surface area contributed by atoms with Crippen molar-refractivity contribution in [3.05, 3.63) is 117 Å². The number of benzene rings is 3. The Balaban J connectivity index is 0.000000140. The van der Waals surface area contributed by atoms with E-state index in [9.17, 15) is 0 Å². The Labute approximate surface area is 321 Å².